The number of benzene rings is 2. The van der Waals surface area contributed by atoms with E-state index in [9.17, 15) is 9.50 Å². The fourth-order valence-electron chi connectivity index (χ4n) is 2.64. The van der Waals surface area contributed by atoms with Gasteiger partial charge in [0.2, 0.25) is 0 Å². The molecule has 0 fully saturated rings. The van der Waals surface area contributed by atoms with Crippen molar-refractivity contribution in [3.8, 4) is 0 Å². The van der Waals surface area contributed by atoms with Crippen molar-refractivity contribution in [3.05, 3.63) is 71.5 Å². The lowest BCUT2D eigenvalue weighted by Crippen LogP contribution is -2.39. The van der Waals surface area contributed by atoms with Crippen LogP contribution in [-0.2, 0) is 12.0 Å². The second-order valence-corrected chi connectivity index (χ2v) is 5.85. The number of hydrogen-bond donors (Lipinski definition) is 1. The van der Waals surface area contributed by atoms with Crippen LogP contribution >= 0.6 is 0 Å². The Morgan fingerprint density at radius 3 is 2.29 bits per heavy atom. The first-order valence-electron chi connectivity index (χ1n) is 7.13. The zero-order valence-electron chi connectivity index (χ0n) is 12.6. The maximum absolute atomic E-state index is 13.7. The zero-order chi connectivity index (χ0) is 15.3. The average molecular weight is 287 g/mol. The fourth-order valence-corrected chi connectivity index (χ4v) is 2.64. The highest BCUT2D eigenvalue weighted by Crippen LogP contribution is 2.24. The molecule has 0 aliphatic rings. The molecule has 0 aromatic heterocycles. The molecule has 0 saturated carbocycles. The number of nitrogens with zero attached hydrogens (tertiary/aromatic N) is 1. The molecule has 0 aliphatic carbocycles. The Labute approximate surface area is 125 Å². The molecular formula is C18H22FNO. The third kappa shape index (κ3) is 3.90. The summed E-state index contributed by atoms with van der Waals surface area (Å²) in [7, 11) is 1.95. The van der Waals surface area contributed by atoms with Gasteiger partial charge in [0, 0.05) is 24.1 Å². The van der Waals surface area contributed by atoms with Crippen LogP contribution in [0.3, 0.4) is 0 Å². The molecule has 2 aromatic carbocycles. The maximum Gasteiger partial charge on any atom is 0.127 e. The van der Waals surface area contributed by atoms with E-state index in [0.29, 0.717) is 18.7 Å². The Bertz CT molecular complexity index is 572. The molecule has 2 nitrogen and oxygen atoms in total. The number of halogens is 1. The van der Waals surface area contributed by atoms with Crippen LogP contribution in [0.4, 0.5) is 4.39 Å². The van der Waals surface area contributed by atoms with Gasteiger partial charge in [0.15, 0.2) is 0 Å². The van der Waals surface area contributed by atoms with E-state index >= 15 is 0 Å². The Morgan fingerprint density at radius 2 is 1.67 bits per heavy atom. The highest BCUT2D eigenvalue weighted by atomic mass is 19.1. The molecule has 2 aromatic rings. The molecule has 21 heavy (non-hydrogen) atoms. The molecule has 0 bridgehead atoms. The minimum atomic E-state index is -0.360. The molecule has 0 spiro atoms. The van der Waals surface area contributed by atoms with E-state index in [-0.39, 0.29) is 17.8 Å². The predicted molar refractivity (Wildman–Crippen MR) is 83.6 cm³/mol. The standard InChI is InChI=1S/C18H22FNO/c1-18(14-21,16-9-4-3-5-10-16)13-20(2)12-15-8-6-7-11-17(15)19/h3-11,21H,12-14H2,1-2H3. The van der Waals surface area contributed by atoms with Gasteiger partial charge in [0.1, 0.15) is 5.82 Å². The molecule has 2 rings (SSSR count). The molecule has 1 atom stereocenters. The van der Waals surface area contributed by atoms with Crippen molar-refractivity contribution in [2.45, 2.75) is 18.9 Å². The molecule has 0 radical (unpaired) electrons. The van der Waals surface area contributed by atoms with E-state index in [4.69, 9.17) is 0 Å². The van der Waals surface area contributed by atoms with Gasteiger partial charge in [-0.1, -0.05) is 55.5 Å². The van der Waals surface area contributed by atoms with Gasteiger partial charge in [0.25, 0.3) is 0 Å². The van der Waals surface area contributed by atoms with Crippen molar-refractivity contribution in [1.82, 2.24) is 4.90 Å². The van der Waals surface area contributed by atoms with Crippen LogP contribution in [0.25, 0.3) is 0 Å². The maximum atomic E-state index is 13.7. The highest BCUT2D eigenvalue weighted by Gasteiger charge is 2.27. The van der Waals surface area contributed by atoms with Crippen LogP contribution in [0.1, 0.15) is 18.1 Å². The molecule has 0 aliphatic heterocycles. The van der Waals surface area contributed by atoms with Gasteiger partial charge in [0.05, 0.1) is 6.61 Å². The summed E-state index contributed by atoms with van der Waals surface area (Å²) in [5.41, 5.74) is 1.41. The average Bonchev–Trinajstić information content (AvgIpc) is 2.50. The smallest absolute Gasteiger partial charge is 0.127 e. The van der Waals surface area contributed by atoms with Gasteiger partial charge in [-0.15, -0.1) is 0 Å². The molecule has 0 saturated heterocycles. The van der Waals surface area contributed by atoms with Gasteiger partial charge in [-0.25, -0.2) is 4.39 Å². The highest BCUT2D eigenvalue weighted by molar-refractivity contribution is 5.25. The molecule has 0 heterocycles. The van der Waals surface area contributed by atoms with E-state index in [1.54, 1.807) is 12.1 Å². The quantitative estimate of drug-likeness (QED) is 0.882. The Morgan fingerprint density at radius 1 is 1.05 bits per heavy atom. The Hall–Kier alpha value is -1.71. The van der Waals surface area contributed by atoms with Gasteiger partial charge < -0.3 is 10.0 Å². The summed E-state index contributed by atoms with van der Waals surface area (Å²) in [5.74, 6) is -0.185. The first kappa shape index (κ1) is 15.7. The second kappa shape index (κ2) is 6.83. The second-order valence-electron chi connectivity index (χ2n) is 5.85. The summed E-state index contributed by atoms with van der Waals surface area (Å²) in [6, 6.07) is 16.8. The summed E-state index contributed by atoms with van der Waals surface area (Å²) in [6.45, 7) is 3.26. The third-order valence-electron chi connectivity index (χ3n) is 3.84. The summed E-state index contributed by atoms with van der Waals surface area (Å²) in [5, 5.41) is 9.81. The van der Waals surface area contributed by atoms with Gasteiger partial charge in [-0.2, -0.15) is 0 Å². The minimum Gasteiger partial charge on any atom is -0.395 e. The lowest BCUT2D eigenvalue weighted by molar-refractivity contribution is 0.155. The van der Waals surface area contributed by atoms with Crippen LogP contribution in [-0.4, -0.2) is 30.2 Å². The summed E-state index contributed by atoms with van der Waals surface area (Å²) < 4.78 is 13.7. The van der Waals surface area contributed by atoms with E-state index in [1.165, 1.54) is 6.07 Å². The van der Waals surface area contributed by atoms with Crippen molar-refractivity contribution >= 4 is 0 Å². The lowest BCUT2D eigenvalue weighted by atomic mass is 9.83. The first-order valence-corrected chi connectivity index (χ1v) is 7.13. The van der Waals surface area contributed by atoms with Crippen LogP contribution in [0.15, 0.2) is 54.6 Å². The minimum absolute atomic E-state index is 0.0542. The summed E-state index contributed by atoms with van der Waals surface area (Å²) in [4.78, 5) is 2.04. The van der Waals surface area contributed by atoms with Crippen molar-refractivity contribution in [3.63, 3.8) is 0 Å². The molecule has 0 amide bonds. The number of likely N-dealkylation sites (N-methyl/N-ethyl adjacent to an activating group) is 1. The largest absolute Gasteiger partial charge is 0.395 e. The van der Waals surface area contributed by atoms with Crippen molar-refractivity contribution in [2.24, 2.45) is 0 Å². The third-order valence-corrected chi connectivity index (χ3v) is 3.84. The fraction of sp³-hybridized carbons (Fsp3) is 0.333. The Balaban J connectivity index is 2.10. The van der Waals surface area contributed by atoms with Gasteiger partial charge in [-0.05, 0) is 18.7 Å². The van der Waals surface area contributed by atoms with E-state index in [0.717, 1.165) is 5.56 Å². The summed E-state index contributed by atoms with van der Waals surface area (Å²) >= 11 is 0. The Kier molecular flexibility index (Phi) is 5.10. The van der Waals surface area contributed by atoms with Crippen LogP contribution in [0, 0.1) is 5.82 Å². The molecule has 1 N–H and O–H groups in total. The topological polar surface area (TPSA) is 23.5 Å². The number of aliphatic hydroxyl groups is 1. The van der Waals surface area contributed by atoms with E-state index in [2.05, 4.69) is 0 Å². The van der Waals surface area contributed by atoms with Crippen molar-refractivity contribution in [2.75, 3.05) is 20.2 Å². The van der Waals surface area contributed by atoms with E-state index < -0.39 is 0 Å². The molecule has 1 unspecified atom stereocenters. The summed E-state index contributed by atoms with van der Waals surface area (Å²) in [6.07, 6.45) is 0. The SMILES string of the molecule is CN(Cc1ccccc1F)CC(C)(CO)c1ccccc1. The van der Waals surface area contributed by atoms with Gasteiger partial charge >= 0.3 is 0 Å². The number of hydrogen-bond acceptors (Lipinski definition) is 2. The van der Waals surface area contributed by atoms with Crippen molar-refractivity contribution < 1.29 is 9.50 Å². The molecule has 3 heteroatoms. The normalized spacial score (nSPS) is 14.1. The monoisotopic (exact) mass is 287 g/mol. The van der Waals surface area contributed by atoms with Crippen molar-refractivity contribution in [1.29, 1.82) is 0 Å². The van der Waals surface area contributed by atoms with Crippen LogP contribution in [0.5, 0.6) is 0 Å². The van der Waals surface area contributed by atoms with Gasteiger partial charge in [-0.3, -0.25) is 0 Å². The zero-order valence-corrected chi connectivity index (χ0v) is 12.6. The molecular weight excluding hydrogens is 265 g/mol. The predicted octanol–water partition coefficient (Wildman–Crippen LogP) is 3.21. The number of aliphatic hydroxyl groups excluding tert-OH is 1. The first-order chi connectivity index (χ1) is 10.0. The van der Waals surface area contributed by atoms with Crippen LogP contribution < -0.4 is 0 Å². The number of rotatable bonds is 6. The van der Waals surface area contributed by atoms with E-state index in [1.807, 2.05) is 55.3 Å². The van der Waals surface area contributed by atoms with Crippen LogP contribution in [0.2, 0.25) is 0 Å². The lowest BCUT2D eigenvalue weighted by Gasteiger charge is -2.33. The molecule has 112 valence electrons.